The van der Waals surface area contributed by atoms with Gasteiger partial charge in [-0.1, -0.05) is 89.3 Å². The molecule has 0 radical (unpaired) electrons. The van der Waals surface area contributed by atoms with Crippen LogP contribution in [-0.4, -0.2) is 10.2 Å². The topological polar surface area (TPSA) is 40.9 Å². The van der Waals surface area contributed by atoms with E-state index in [-0.39, 0.29) is 27.9 Å². The third-order valence-corrected chi connectivity index (χ3v) is 13.9. The first-order valence-corrected chi connectivity index (χ1v) is 16.1. The number of allylic oxidation sites excluding steroid dienone is 3. The van der Waals surface area contributed by atoms with E-state index in [4.69, 9.17) is 6.58 Å². The average Bonchev–Trinajstić information content (AvgIpc) is 2.79. The summed E-state index contributed by atoms with van der Waals surface area (Å²) in [5, 5.41) is 9.95. The molecule has 5 aliphatic rings. The predicted octanol–water partition coefficient (Wildman–Crippen LogP) is 9.10. The zero-order valence-corrected chi connectivity index (χ0v) is 26.1. The van der Waals surface area contributed by atoms with E-state index in [0.29, 0.717) is 28.2 Å². The molecular formula is C33H48INO. The number of nitriles is 1. The van der Waals surface area contributed by atoms with Crippen molar-refractivity contribution in [2.24, 2.45) is 56.2 Å². The lowest BCUT2D eigenvalue weighted by molar-refractivity contribution is -0.211. The highest BCUT2D eigenvalue weighted by Crippen LogP contribution is 2.77. The van der Waals surface area contributed by atoms with Crippen molar-refractivity contribution in [1.82, 2.24) is 0 Å². The molecule has 0 aliphatic heterocycles. The van der Waals surface area contributed by atoms with Gasteiger partial charge in [0.05, 0.1) is 5.57 Å². The number of fused-ring (bicyclic) bond motifs is 7. The molecule has 4 saturated carbocycles. The standard InChI is InChI=1S/C33H48INO/c1-21-17-25-30(6)18-22(20-35)27(36)29(4,5)24(30)9-10-31(25,7)32(8)12-14-33(15-16-34)13-11-28(2,3)19-23(33)26(21)32/h18,23-26H,1,9-17,19H2,2-8H3/t23-,24-,25+,26+,30-,31+,32+,33+/m0/s1. The molecular weight excluding hydrogens is 553 g/mol. The number of halogens is 1. The predicted molar refractivity (Wildman–Crippen MR) is 157 cm³/mol. The molecule has 0 N–H and O–H groups in total. The van der Waals surface area contributed by atoms with Crippen LogP contribution in [0.3, 0.4) is 0 Å². The quantitative estimate of drug-likeness (QED) is 0.180. The fraction of sp³-hybridized carbons (Fsp3) is 0.818. The number of alkyl halides is 1. The van der Waals surface area contributed by atoms with Crippen molar-refractivity contribution in [3.05, 3.63) is 23.8 Å². The van der Waals surface area contributed by atoms with E-state index in [1.165, 1.54) is 54.9 Å². The van der Waals surface area contributed by atoms with Gasteiger partial charge in [-0.25, -0.2) is 0 Å². The monoisotopic (exact) mass is 601 g/mol. The van der Waals surface area contributed by atoms with Crippen molar-refractivity contribution in [3.63, 3.8) is 0 Å². The normalized spacial score (nSPS) is 49.0. The molecule has 0 saturated heterocycles. The molecule has 8 atom stereocenters. The van der Waals surface area contributed by atoms with Gasteiger partial charge in [-0.15, -0.1) is 0 Å². The second-order valence-electron chi connectivity index (χ2n) is 15.7. The summed E-state index contributed by atoms with van der Waals surface area (Å²) in [7, 11) is 0. The maximum atomic E-state index is 13.3. The first kappa shape index (κ1) is 27.0. The highest BCUT2D eigenvalue weighted by Gasteiger charge is 2.70. The van der Waals surface area contributed by atoms with E-state index < -0.39 is 5.41 Å². The number of carbonyl (C=O) groups excluding carboxylic acids is 1. The third-order valence-electron chi connectivity index (χ3n) is 13.4. The van der Waals surface area contributed by atoms with Crippen LogP contribution in [0.2, 0.25) is 0 Å². The molecule has 5 aliphatic carbocycles. The van der Waals surface area contributed by atoms with Crippen LogP contribution in [0, 0.1) is 67.5 Å². The van der Waals surface area contributed by atoms with E-state index in [1.54, 1.807) is 0 Å². The fourth-order valence-corrected chi connectivity index (χ4v) is 12.3. The number of ketones is 1. The maximum absolute atomic E-state index is 13.3. The van der Waals surface area contributed by atoms with Crippen molar-refractivity contribution in [3.8, 4) is 6.07 Å². The van der Waals surface area contributed by atoms with Gasteiger partial charge in [0.2, 0.25) is 0 Å². The molecule has 36 heavy (non-hydrogen) atoms. The Balaban J connectivity index is 1.63. The van der Waals surface area contributed by atoms with E-state index >= 15 is 0 Å². The fourth-order valence-electron chi connectivity index (χ4n) is 11.3. The molecule has 0 aromatic carbocycles. The molecule has 3 heteroatoms. The van der Waals surface area contributed by atoms with E-state index in [2.05, 4.69) is 83.2 Å². The van der Waals surface area contributed by atoms with Gasteiger partial charge in [-0.3, -0.25) is 4.79 Å². The number of rotatable bonds is 2. The lowest BCUT2D eigenvalue weighted by Gasteiger charge is -2.73. The number of hydrogen-bond acceptors (Lipinski definition) is 2. The van der Waals surface area contributed by atoms with Gasteiger partial charge in [0.15, 0.2) is 5.78 Å². The van der Waals surface area contributed by atoms with Crippen molar-refractivity contribution < 1.29 is 4.79 Å². The van der Waals surface area contributed by atoms with Gasteiger partial charge in [0, 0.05) is 9.84 Å². The van der Waals surface area contributed by atoms with Crippen LogP contribution in [0.4, 0.5) is 0 Å². The number of carbonyl (C=O) groups is 1. The molecule has 0 unspecified atom stereocenters. The molecule has 5 rings (SSSR count). The summed E-state index contributed by atoms with van der Waals surface area (Å²) in [4.78, 5) is 13.3. The van der Waals surface area contributed by atoms with Gasteiger partial charge in [-0.2, -0.15) is 5.26 Å². The van der Waals surface area contributed by atoms with Crippen molar-refractivity contribution in [1.29, 1.82) is 5.26 Å². The third kappa shape index (κ3) is 3.34. The van der Waals surface area contributed by atoms with Crippen LogP contribution >= 0.6 is 22.6 Å². The van der Waals surface area contributed by atoms with Crippen molar-refractivity contribution in [2.75, 3.05) is 4.43 Å². The van der Waals surface area contributed by atoms with E-state index in [0.717, 1.165) is 18.8 Å². The van der Waals surface area contributed by atoms with Gasteiger partial charge < -0.3 is 0 Å². The molecule has 0 amide bonds. The second kappa shape index (κ2) is 8.19. The van der Waals surface area contributed by atoms with Crippen LogP contribution in [-0.2, 0) is 4.79 Å². The average molecular weight is 602 g/mol. The number of Topliss-reactive ketones (excluding diaryl/α,β-unsaturated/α-hetero) is 1. The zero-order valence-electron chi connectivity index (χ0n) is 23.9. The lowest BCUT2D eigenvalue weighted by atomic mass is 9.31. The largest absolute Gasteiger partial charge is 0.293 e. The molecule has 0 spiro atoms. The van der Waals surface area contributed by atoms with Gasteiger partial charge >= 0.3 is 0 Å². The molecule has 0 aromatic rings. The Labute approximate surface area is 234 Å². The first-order chi connectivity index (χ1) is 16.6. The Morgan fingerprint density at radius 3 is 2.31 bits per heavy atom. The Bertz CT molecular complexity index is 1060. The van der Waals surface area contributed by atoms with Crippen molar-refractivity contribution in [2.45, 2.75) is 106 Å². The highest BCUT2D eigenvalue weighted by atomic mass is 127. The molecule has 0 heterocycles. The van der Waals surface area contributed by atoms with Crippen LogP contribution in [0.5, 0.6) is 0 Å². The highest BCUT2D eigenvalue weighted by molar-refractivity contribution is 14.1. The molecule has 198 valence electrons. The van der Waals surface area contributed by atoms with Gasteiger partial charge in [-0.05, 0) is 109 Å². The summed E-state index contributed by atoms with van der Waals surface area (Å²) in [6, 6.07) is 2.31. The van der Waals surface area contributed by atoms with Gasteiger partial charge in [0.25, 0.3) is 0 Å². The summed E-state index contributed by atoms with van der Waals surface area (Å²) >= 11 is 2.62. The smallest absolute Gasteiger partial charge is 0.178 e. The molecule has 0 aromatic heterocycles. The Hall–Kier alpha value is -0.630. The first-order valence-electron chi connectivity index (χ1n) is 14.5. The second-order valence-corrected chi connectivity index (χ2v) is 16.8. The van der Waals surface area contributed by atoms with Crippen molar-refractivity contribution >= 4 is 28.4 Å². The minimum absolute atomic E-state index is 0.0560. The van der Waals surface area contributed by atoms with E-state index in [9.17, 15) is 10.1 Å². The number of hydrogen-bond donors (Lipinski definition) is 0. The Kier molecular flexibility index (Phi) is 6.13. The zero-order chi connectivity index (χ0) is 26.5. The summed E-state index contributed by atoms with van der Waals surface area (Å²) in [6.45, 7) is 21.8. The van der Waals surface area contributed by atoms with Crippen LogP contribution in [0.15, 0.2) is 23.8 Å². The number of nitrogens with zero attached hydrogens (tertiary/aromatic N) is 1. The SMILES string of the molecule is C=C1C[C@@H]2[C@@]3(C)C=C(C#N)C(=O)C(C)(C)[C@@H]3CC[C@@]2(C)[C@]2(C)CC[C@@]3(CCI)CCC(C)(C)C[C@H]3[C@@H]12. The van der Waals surface area contributed by atoms with Crippen LogP contribution < -0.4 is 0 Å². The molecule has 0 bridgehead atoms. The summed E-state index contributed by atoms with van der Waals surface area (Å²) in [6.07, 6.45) is 13.6. The Morgan fingerprint density at radius 2 is 1.67 bits per heavy atom. The summed E-state index contributed by atoms with van der Waals surface area (Å²) in [5.74, 6) is 2.10. The Morgan fingerprint density at radius 1 is 1.00 bits per heavy atom. The summed E-state index contributed by atoms with van der Waals surface area (Å²) < 4.78 is 1.26. The molecule has 4 fully saturated rings. The van der Waals surface area contributed by atoms with Crippen LogP contribution in [0.1, 0.15) is 106 Å². The summed E-state index contributed by atoms with van der Waals surface area (Å²) in [5.41, 5.74) is 2.58. The minimum Gasteiger partial charge on any atom is -0.293 e. The lowest BCUT2D eigenvalue weighted by Crippen LogP contribution is -2.66. The maximum Gasteiger partial charge on any atom is 0.178 e. The van der Waals surface area contributed by atoms with E-state index in [1.807, 2.05) is 0 Å². The van der Waals surface area contributed by atoms with Gasteiger partial charge in [0.1, 0.15) is 6.07 Å². The van der Waals surface area contributed by atoms with Crippen LogP contribution in [0.25, 0.3) is 0 Å². The molecule has 2 nitrogen and oxygen atoms in total. The minimum atomic E-state index is -0.482.